The quantitative estimate of drug-likeness (QED) is 0.629. The molecule has 0 radical (unpaired) electrons. The van der Waals surface area contributed by atoms with Crippen molar-refractivity contribution < 1.29 is 8.94 Å². The Morgan fingerprint density at radius 3 is 2.46 bits per heavy atom. The van der Waals surface area contributed by atoms with Crippen LogP contribution in [0.1, 0.15) is 36.0 Å². The Kier molecular flexibility index (Phi) is 5.53. The molecular weight excluding hydrogens is 376 g/mol. The summed E-state index contributed by atoms with van der Waals surface area (Å²) < 4.78 is 11.5. The van der Waals surface area contributed by atoms with Crippen molar-refractivity contribution >= 4 is 11.6 Å². The van der Waals surface area contributed by atoms with E-state index in [0.29, 0.717) is 5.02 Å². The molecular formula is C21H25ClN4O2. The van der Waals surface area contributed by atoms with E-state index >= 15 is 0 Å². The van der Waals surface area contributed by atoms with Gasteiger partial charge >= 0.3 is 0 Å². The number of halogens is 1. The van der Waals surface area contributed by atoms with Gasteiger partial charge in [0.05, 0.1) is 24.0 Å². The zero-order valence-electron chi connectivity index (χ0n) is 16.5. The second kappa shape index (κ2) is 8.07. The maximum atomic E-state index is 6.15. The van der Waals surface area contributed by atoms with E-state index in [-0.39, 0.29) is 6.04 Å². The van der Waals surface area contributed by atoms with Crippen molar-refractivity contribution in [2.75, 3.05) is 26.2 Å². The number of hydrogen-bond donors (Lipinski definition) is 0. The number of oxazole rings is 1. The molecule has 28 heavy (non-hydrogen) atoms. The van der Waals surface area contributed by atoms with E-state index in [9.17, 15) is 0 Å². The molecule has 1 saturated heterocycles. The molecule has 3 aromatic rings. The lowest BCUT2D eigenvalue weighted by Crippen LogP contribution is -2.46. The molecule has 0 bridgehead atoms. The number of aromatic nitrogens is 2. The van der Waals surface area contributed by atoms with Crippen LogP contribution in [-0.2, 0) is 6.54 Å². The van der Waals surface area contributed by atoms with Crippen molar-refractivity contribution in [2.24, 2.45) is 0 Å². The molecule has 0 N–H and O–H groups in total. The number of hydrogen-bond acceptors (Lipinski definition) is 6. The minimum absolute atomic E-state index is 0.134. The first-order valence-electron chi connectivity index (χ1n) is 9.61. The molecule has 7 heteroatoms. The Hall–Kier alpha value is -2.15. The average molecular weight is 401 g/mol. The van der Waals surface area contributed by atoms with Crippen molar-refractivity contribution in [3.8, 4) is 11.3 Å². The van der Waals surface area contributed by atoms with Crippen molar-refractivity contribution in [3.05, 3.63) is 58.4 Å². The summed E-state index contributed by atoms with van der Waals surface area (Å²) in [6, 6.07) is 9.81. The van der Waals surface area contributed by atoms with E-state index in [0.717, 1.165) is 67.1 Å². The van der Waals surface area contributed by atoms with Gasteiger partial charge in [-0.05, 0) is 45.0 Å². The summed E-state index contributed by atoms with van der Waals surface area (Å²) in [5.41, 5.74) is 2.83. The zero-order chi connectivity index (χ0) is 19.7. The molecule has 0 amide bonds. The van der Waals surface area contributed by atoms with Crippen LogP contribution in [0.2, 0.25) is 5.02 Å². The fourth-order valence-electron chi connectivity index (χ4n) is 3.64. The lowest BCUT2D eigenvalue weighted by atomic mass is 10.1. The standard InChI is InChI=1S/C21H25ClN4O2/c1-14-12-19(28-24-14)13-25-8-10-26(11-9-25)16(3)21-23-15(2)20(27-21)17-4-6-18(22)7-5-17/h4-7,12,16H,8-11,13H2,1-3H3/t16-/m1/s1. The molecule has 1 fully saturated rings. The Morgan fingerprint density at radius 2 is 1.82 bits per heavy atom. The van der Waals surface area contributed by atoms with Crippen LogP contribution < -0.4 is 0 Å². The van der Waals surface area contributed by atoms with Crippen LogP contribution in [0.5, 0.6) is 0 Å². The first kappa shape index (κ1) is 19.2. The molecule has 1 aromatic carbocycles. The highest BCUT2D eigenvalue weighted by Crippen LogP contribution is 2.30. The molecule has 0 saturated carbocycles. The van der Waals surface area contributed by atoms with Crippen molar-refractivity contribution in [1.29, 1.82) is 0 Å². The van der Waals surface area contributed by atoms with Crippen LogP contribution in [-0.4, -0.2) is 46.1 Å². The molecule has 1 aliphatic heterocycles. The Balaban J connectivity index is 1.39. The highest BCUT2D eigenvalue weighted by atomic mass is 35.5. The molecule has 3 heterocycles. The Morgan fingerprint density at radius 1 is 1.11 bits per heavy atom. The maximum absolute atomic E-state index is 6.15. The lowest BCUT2D eigenvalue weighted by Gasteiger charge is -2.36. The first-order valence-corrected chi connectivity index (χ1v) is 9.99. The average Bonchev–Trinajstić information content (AvgIpc) is 3.28. The molecule has 6 nitrogen and oxygen atoms in total. The van der Waals surface area contributed by atoms with E-state index < -0.39 is 0 Å². The summed E-state index contributed by atoms with van der Waals surface area (Å²) in [4.78, 5) is 9.50. The lowest BCUT2D eigenvalue weighted by molar-refractivity contribution is 0.0823. The van der Waals surface area contributed by atoms with Crippen LogP contribution >= 0.6 is 11.6 Å². The van der Waals surface area contributed by atoms with E-state index in [1.807, 2.05) is 44.2 Å². The van der Waals surface area contributed by atoms with Crippen LogP contribution in [0.15, 0.2) is 39.3 Å². The molecule has 0 unspecified atom stereocenters. The molecule has 1 aliphatic rings. The number of nitrogens with zero attached hydrogens (tertiary/aromatic N) is 4. The van der Waals surface area contributed by atoms with Gasteiger partial charge in [0.2, 0.25) is 5.89 Å². The van der Waals surface area contributed by atoms with Crippen molar-refractivity contribution in [3.63, 3.8) is 0 Å². The topological polar surface area (TPSA) is 58.5 Å². The minimum atomic E-state index is 0.134. The van der Waals surface area contributed by atoms with Crippen LogP contribution in [0.25, 0.3) is 11.3 Å². The van der Waals surface area contributed by atoms with Gasteiger partial charge in [0.1, 0.15) is 0 Å². The highest BCUT2D eigenvalue weighted by Gasteiger charge is 2.26. The third kappa shape index (κ3) is 4.14. The molecule has 4 rings (SSSR count). The van der Waals surface area contributed by atoms with Gasteiger partial charge in [-0.3, -0.25) is 9.80 Å². The van der Waals surface area contributed by atoms with Gasteiger partial charge in [-0.25, -0.2) is 4.98 Å². The highest BCUT2D eigenvalue weighted by molar-refractivity contribution is 6.30. The summed E-state index contributed by atoms with van der Waals surface area (Å²) in [5, 5.41) is 4.68. The Bertz CT molecular complexity index is 926. The zero-order valence-corrected chi connectivity index (χ0v) is 17.2. The normalized spacial score (nSPS) is 17.1. The third-order valence-electron chi connectivity index (χ3n) is 5.29. The third-order valence-corrected chi connectivity index (χ3v) is 5.54. The number of aryl methyl sites for hydroxylation is 2. The molecule has 148 valence electrons. The van der Waals surface area contributed by atoms with Gasteiger partial charge in [-0.2, -0.15) is 0 Å². The maximum Gasteiger partial charge on any atom is 0.212 e. The minimum Gasteiger partial charge on any atom is -0.439 e. The van der Waals surface area contributed by atoms with Gasteiger partial charge in [-0.15, -0.1) is 0 Å². The predicted octanol–water partition coefficient (Wildman–Crippen LogP) is 4.48. The largest absolute Gasteiger partial charge is 0.439 e. The van der Waals surface area contributed by atoms with Gasteiger partial charge < -0.3 is 8.94 Å². The first-order chi connectivity index (χ1) is 13.5. The molecule has 2 aromatic heterocycles. The SMILES string of the molecule is Cc1cc(CN2CCN([C@H](C)c3nc(C)c(-c4ccc(Cl)cc4)o3)CC2)on1. The van der Waals surface area contributed by atoms with Gasteiger partial charge in [0.25, 0.3) is 0 Å². The van der Waals surface area contributed by atoms with Crippen LogP contribution in [0, 0.1) is 13.8 Å². The smallest absolute Gasteiger partial charge is 0.212 e. The van der Waals surface area contributed by atoms with Gasteiger partial charge in [0, 0.05) is 42.8 Å². The summed E-state index contributed by atoms with van der Waals surface area (Å²) in [6.07, 6.45) is 0. The van der Waals surface area contributed by atoms with Crippen LogP contribution in [0.4, 0.5) is 0 Å². The number of rotatable bonds is 5. The number of benzene rings is 1. The van der Waals surface area contributed by atoms with Crippen molar-refractivity contribution in [1.82, 2.24) is 19.9 Å². The van der Waals surface area contributed by atoms with E-state index in [1.54, 1.807) is 0 Å². The summed E-state index contributed by atoms with van der Waals surface area (Å²) >= 11 is 5.99. The van der Waals surface area contributed by atoms with Crippen molar-refractivity contribution in [2.45, 2.75) is 33.4 Å². The summed E-state index contributed by atoms with van der Waals surface area (Å²) in [7, 11) is 0. The fraction of sp³-hybridized carbons (Fsp3) is 0.429. The summed E-state index contributed by atoms with van der Waals surface area (Å²) in [6.45, 7) is 10.8. The van der Waals surface area contributed by atoms with Gasteiger partial charge in [-0.1, -0.05) is 16.8 Å². The fourth-order valence-corrected chi connectivity index (χ4v) is 3.77. The van der Waals surface area contributed by atoms with Gasteiger partial charge in [0.15, 0.2) is 11.5 Å². The van der Waals surface area contributed by atoms with E-state index in [1.165, 1.54) is 0 Å². The molecule has 1 atom stereocenters. The second-order valence-electron chi connectivity index (χ2n) is 7.40. The molecule has 0 spiro atoms. The molecule has 0 aliphatic carbocycles. The monoisotopic (exact) mass is 400 g/mol. The second-order valence-corrected chi connectivity index (χ2v) is 7.83. The predicted molar refractivity (Wildman–Crippen MR) is 108 cm³/mol. The Labute approximate surface area is 170 Å². The van der Waals surface area contributed by atoms with Crippen LogP contribution in [0.3, 0.4) is 0 Å². The number of piperazine rings is 1. The van der Waals surface area contributed by atoms with E-state index in [4.69, 9.17) is 25.5 Å². The van der Waals surface area contributed by atoms with E-state index in [2.05, 4.69) is 21.9 Å². The summed E-state index contributed by atoms with van der Waals surface area (Å²) in [5.74, 6) is 2.51.